The third-order valence-electron chi connectivity index (χ3n) is 5.49. The number of carbonyl (C=O) groups excluding carboxylic acids is 1. The second-order valence-corrected chi connectivity index (χ2v) is 7.11. The summed E-state index contributed by atoms with van der Waals surface area (Å²) >= 11 is 0. The average molecular weight is 409 g/mol. The zero-order chi connectivity index (χ0) is 19.0. The molecule has 150 valence electrons. The molecule has 2 fully saturated rings. The molecule has 3 unspecified atom stereocenters. The molecule has 1 saturated heterocycles. The quantitative estimate of drug-likeness (QED) is 0.839. The first kappa shape index (κ1) is 20.6. The Morgan fingerprint density at radius 3 is 2.75 bits per heavy atom. The van der Waals surface area contributed by atoms with Crippen molar-refractivity contribution in [3.63, 3.8) is 0 Å². The van der Waals surface area contributed by atoms with Crippen molar-refractivity contribution in [2.45, 2.75) is 18.4 Å². The fraction of sp³-hybridized carbons (Fsp3) is 0.381. The number of piperazine rings is 1. The minimum atomic E-state index is -0.474. The van der Waals surface area contributed by atoms with Gasteiger partial charge in [-0.2, -0.15) is 0 Å². The summed E-state index contributed by atoms with van der Waals surface area (Å²) in [5.74, 6) is -0.719. The highest BCUT2D eigenvalue weighted by Crippen LogP contribution is 2.50. The molecule has 28 heavy (non-hydrogen) atoms. The lowest BCUT2D eigenvalue weighted by molar-refractivity contribution is -0.136. The van der Waals surface area contributed by atoms with Crippen LogP contribution in [0.2, 0.25) is 0 Å². The first-order valence-electron chi connectivity index (χ1n) is 9.19. The number of carbonyl (C=O) groups is 1. The molecule has 1 aliphatic heterocycles. The van der Waals surface area contributed by atoms with Gasteiger partial charge in [0.2, 0.25) is 5.91 Å². The third-order valence-corrected chi connectivity index (χ3v) is 5.49. The zero-order valence-electron chi connectivity index (χ0n) is 15.5. The molecule has 2 aromatic rings. The minimum Gasteiger partial charge on any atom is -0.496 e. The van der Waals surface area contributed by atoms with Crippen molar-refractivity contribution in [2.75, 3.05) is 26.7 Å². The number of halogens is 3. The highest BCUT2D eigenvalue weighted by atomic mass is 35.5. The van der Waals surface area contributed by atoms with Crippen molar-refractivity contribution in [3.8, 4) is 5.75 Å². The van der Waals surface area contributed by atoms with E-state index in [1.54, 1.807) is 7.11 Å². The third kappa shape index (κ3) is 3.84. The molecule has 4 nitrogen and oxygen atoms in total. The zero-order valence-corrected chi connectivity index (χ0v) is 16.3. The standard InChI is InChI=1S/C21H22F2N2O2.ClH/c1-27-20-5-3-2-4-14(20)19-12-24-8-9-25(19)21(26)17-11-15(17)16-10-13(22)6-7-18(16)23;/h2-7,10,15,17,19,24H,8-9,11-12H2,1H3;1H. The van der Waals surface area contributed by atoms with Crippen molar-refractivity contribution in [1.29, 1.82) is 0 Å². The molecule has 2 aromatic carbocycles. The monoisotopic (exact) mass is 408 g/mol. The summed E-state index contributed by atoms with van der Waals surface area (Å²) in [7, 11) is 1.62. The fourth-order valence-corrected chi connectivity index (χ4v) is 4.01. The van der Waals surface area contributed by atoms with E-state index >= 15 is 0 Å². The Bertz CT molecular complexity index is 864. The summed E-state index contributed by atoms with van der Waals surface area (Å²) in [6.45, 7) is 1.93. The average Bonchev–Trinajstić information content (AvgIpc) is 3.50. The molecule has 7 heteroatoms. The van der Waals surface area contributed by atoms with E-state index in [9.17, 15) is 13.6 Å². The van der Waals surface area contributed by atoms with E-state index in [1.165, 1.54) is 6.07 Å². The van der Waals surface area contributed by atoms with Crippen LogP contribution in [-0.2, 0) is 4.79 Å². The van der Waals surface area contributed by atoms with E-state index in [4.69, 9.17) is 4.74 Å². The molecule has 1 heterocycles. The van der Waals surface area contributed by atoms with Crippen LogP contribution in [0.5, 0.6) is 5.75 Å². The number of ether oxygens (including phenoxy) is 1. The van der Waals surface area contributed by atoms with Crippen molar-refractivity contribution >= 4 is 18.3 Å². The Hall–Kier alpha value is -2.18. The predicted octanol–water partition coefficient (Wildman–Crippen LogP) is 3.67. The lowest BCUT2D eigenvalue weighted by atomic mass is 10.0. The van der Waals surface area contributed by atoms with Gasteiger partial charge in [-0.05, 0) is 42.2 Å². The molecule has 1 N–H and O–H groups in total. The van der Waals surface area contributed by atoms with Gasteiger partial charge in [-0.25, -0.2) is 8.78 Å². The molecule has 4 rings (SSSR count). The number of hydrogen-bond donors (Lipinski definition) is 1. The Morgan fingerprint density at radius 2 is 1.96 bits per heavy atom. The van der Waals surface area contributed by atoms with Gasteiger partial charge in [0, 0.05) is 31.1 Å². The Balaban J connectivity index is 0.00000225. The van der Waals surface area contributed by atoms with Crippen LogP contribution in [0.15, 0.2) is 42.5 Å². The molecule has 1 saturated carbocycles. The van der Waals surface area contributed by atoms with Gasteiger partial charge < -0.3 is 15.0 Å². The normalized spacial score (nSPS) is 23.7. The number of nitrogens with one attached hydrogen (secondary N) is 1. The van der Waals surface area contributed by atoms with Crippen LogP contribution in [0, 0.1) is 17.6 Å². The molecule has 2 aliphatic rings. The maximum absolute atomic E-state index is 14.1. The Morgan fingerprint density at radius 1 is 1.18 bits per heavy atom. The van der Waals surface area contributed by atoms with Crippen LogP contribution < -0.4 is 10.1 Å². The van der Waals surface area contributed by atoms with Crippen LogP contribution in [-0.4, -0.2) is 37.6 Å². The van der Waals surface area contributed by atoms with E-state index in [2.05, 4.69) is 5.32 Å². The maximum atomic E-state index is 14.1. The summed E-state index contributed by atoms with van der Waals surface area (Å²) in [6.07, 6.45) is 0.557. The fourth-order valence-electron chi connectivity index (χ4n) is 4.01. The highest BCUT2D eigenvalue weighted by molar-refractivity contribution is 5.85. The predicted molar refractivity (Wildman–Crippen MR) is 105 cm³/mol. The van der Waals surface area contributed by atoms with Crippen molar-refractivity contribution in [3.05, 3.63) is 65.2 Å². The SMILES string of the molecule is COc1ccccc1C1CNCCN1C(=O)C1CC1c1cc(F)ccc1F.Cl. The van der Waals surface area contributed by atoms with Crippen LogP contribution in [0.3, 0.4) is 0 Å². The molecule has 0 spiro atoms. The number of para-hydroxylation sites is 1. The lowest BCUT2D eigenvalue weighted by Crippen LogP contribution is -2.49. The first-order valence-corrected chi connectivity index (χ1v) is 9.19. The summed E-state index contributed by atoms with van der Waals surface area (Å²) < 4.78 is 33.0. The van der Waals surface area contributed by atoms with Gasteiger partial charge in [0.1, 0.15) is 17.4 Å². The van der Waals surface area contributed by atoms with Gasteiger partial charge in [0.25, 0.3) is 0 Å². The summed E-state index contributed by atoms with van der Waals surface area (Å²) in [4.78, 5) is 15.0. The molecule has 0 bridgehead atoms. The van der Waals surface area contributed by atoms with E-state index in [1.807, 2.05) is 29.2 Å². The van der Waals surface area contributed by atoms with Crippen molar-refractivity contribution in [2.24, 2.45) is 5.92 Å². The number of amides is 1. The first-order chi connectivity index (χ1) is 13.1. The van der Waals surface area contributed by atoms with Crippen molar-refractivity contribution < 1.29 is 18.3 Å². The van der Waals surface area contributed by atoms with E-state index in [-0.39, 0.29) is 36.2 Å². The highest BCUT2D eigenvalue weighted by Gasteiger charge is 2.48. The Kier molecular flexibility index (Phi) is 6.20. The largest absolute Gasteiger partial charge is 0.496 e. The van der Waals surface area contributed by atoms with E-state index in [0.29, 0.717) is 31.6 Å². The van der Waals surface area contributed by atoms with E-state index < -0.39 is 11.6 Å². The number of benzene rings is 2. The van der Waals surface area contributed by atoms with Gasteiger partial charge in [0.15, 0.2) is 0 Å². The number of rotatable bonds is 4. The summed E-state index contributed by atoms with van der Waals surface area (Å²) in [5, 5.41) is 3.33. The van der Waals surface area contributed by atoms with Gasteiger partial charge in [-0.3, -0.25) is 4.79 Å². The minimum absolute atomic E-state index is 0. The lowest BCUT2D eigenvalue weighted by Gasteiger charge is -2.37. The van der Waals surface area contributed by atoms with Gasteiger partial charge in [-0.1, -0.05) is 18.2 Å². The molecule has 1 amide bonds. The van der Waals surface area contributed by atoms with Crippen molar-refractivity contribution in [1.82, 2.24) is 10.2 Å². The van der Waals surface area contributed by atoms with Gasteiger partial charge >= 0.3 is 0 Å². The smallest absolute Gasteiger partial charge is 0.226 e. The number of methoxy groups -OCH3 is 1. The van der Waals surface area contributed by atoms with Gasteiger partial charge in [0.05, 0.1) is 13.2 Å². The second-order valence-electron chi connectivity index (χ2n) is 7.11. The van der Waals surface area contributed by atoms with Crippen LogP contribution in [0.25, 0.3) is 0 Å². The topological polar surface area (TPSA) is 41.6 Å². The molecule has 1 aliphatic carbocycles. The van der Waals surface area contributed by atoms with Crippen LogP contribution in [0.4, 0.5) is 8.78 Å². The number of hydrogen-bond acceptors (Lipinski definition) is 3. The Labute approximate surface area is 169 Å². The van der Waals surface area contributed by atoms with Crippen LogP contribution in [0.1, 0.15) is 29.5 Å². The van der Waals surface area contributed by atoms with Gasteiger partial charge in [-0.15, -0.1) is 12.4 Å². The molecule has 0 aromatic heterocycles. The molecular weight excluding hydrogens is 386 g/mol. The second kappa shape index (κ2) is 8.45. The van der Waals surface area contributed by atoms with E-state index in [0.717, 1.165) is 23.4 Å². The van der Waals surface area contributed by atoms with Crippen LogP contribution >= 0.6 is 12.4 Å². The number of nitrogens with zero attached hydrogens (tertiary/aromatic N) is 1. The summed E-state index contributed by atoms with van der Waals surface area (Å²) in [5.41, 5.74) is 1.26. The maximum Gasteiger partial charge on any atom is 0.226 e. The molecule has 0 radical (unpaired) electrons. The summed E-state index contributed by atoms with van der Waals surface area (Å²) in [6, 6.07) is 11.0. The molecule has 3 atom stereocenters. The molecular formula is C21H23ClF2N2O2.